The topological polar surface area (TPSA) is 44.8 Å². The van der Waals surface area contributed by atoms with Crippen molar-refractivity contribution in [2.75, 3.05) is 40.8 Å². The number of carbonyl (C=O) groups excluding carboxylic acids is 1. The molecule has 1 heterocycles. The van der Waals surface area contributed by atoms with Crippen LogP contribution in [0.25, 0.3) is 0 Å². The number of methoxy groups -OCH3 is 1. The van der Waals surface area contributed by atoms with Gasteiger partial charge in [0.2, 0.25) is 0 Å². The molecule has 0 radical (unpaired) electrons. The number of hydrogen-bond acceptors (Lipinski definition) is 3. The highest BCUT2D eigenvalue weighted by Gasteiger charge is 2.24. The number of para-hydroxylation sites is 1. The molecule has 1 N–H and O–H groups in total. The molecule has 0 bridgehead atoms. The van der Waals surface area contributed by atoms with Crippen LogP contribution in [0.4, 0.5) is 4.79 Å². The van der Waals surface area contributed by atoms with E-state index in [2.05, 4.69) is 24.3 Å². The molecule has 2 amide bonds. The minimum absolute atomic E-state index is 0.0430. The normalized spacial score (nSPS) is 18.4. The van der Waals surface area contributed by atoms with Crippen LogP contribution in [0.2, 0.25) is 0 Å². The van der Waals surface area contributed by atoms with E-state index in [-0.39, 0.29) is 6.03 Å². The van der Waals surface area contributed by atoms with E-state index in [9.17, 15) is 4.79 Å². The van der Waals surface area contributed by atoms with Crippen molar-refractivity contribution in [1.29, 1.82) is 0 Å². The van der Waals surface area contributed by atoms with Crippen LogP contribution in [-0.4, -0.2) is 62.7 Å². The van der Waals surface area contributed by atoms with Crippen molar-refractivity contribution in [2.45, 2.75) is 25.3 Å². The maximum absolute atomic E-state index is 12.3. The van der Waals surface area contributed by atoms with Gasteiger partial charge < -0.3 is 19.9 Å². The van der Waals surface area contributed by atoms with Gasteiger partial charge in [-0.05, 0) is 45.0 Å². The summed E-state index contributed by atoms with van der Waals surface area (Å²) in [5.74, 6) is 0.877. The van der Waals surface area contributed by atoms with E-state index in [0.717, 1.165) is 43.7 Å². The third-order valence-electron chi connectivity index (χ3n) is 4.28. The summed E-state index contributed by atoms with van der Waals surface area (Å²) in [6.45, 7) is 2.29. The number of benzene rings is 1. The fourth-order valence-electron chi connectivity index (χ4n) is 2.89. The van der Waals surface area contributed by atoms with Gasteiger partial charge >= 0.3 is 6.03 Å². The van der Waals surface area contributed by atoms with Gasteiger partial charge in [0.1, 0.15) is 5.75 Å². The Hall–Kier alpha value is -1.75. The lowest BCUT2D eigenvalue weighted by Gasteiger charge is -2.36. The van der Waals surface area contributed by atoms with Gasteiger partial charge in [0.15, 0.2) is 0 Å². The Labute approximate surface area is 133 Å². The molecule has 122 valence electrons. The summed E-state index contributed by atoms with van der Waals surface area (Å²) in [6.07, 6.45) is 3.02. The summed E-state index contributed by atoms with van der Waals surface area (Å²) in [5, 5.41) is 3.02. The van der Waals surface area contributed by atoms with Crippen molar-refractivity contribution >= 4 is 6.03 Å². The molecule has 1 aromatic rings. The number of likely N-dealkylation sites (tertiary alicyclic amines) is 1. The monoisotopic (exact) mass is 305 g/mol. The smallest absolute Gasteiger partial charge is 0.317 e. The molecule has 0 saturated carbocycles. The summed E-state index contributed by atoms with van der Waals surface area (Å²) in [6, 6.07) is 8.44. The molecule has 22 heavy (non-hydrogen) atoms. The van der Waals surface area contributed by atoms with Crippen molar-refractivity contribution < 1.29 is 9.53 Å². The Balaban J connectivity index is 1.80. The van der Waals surface area contributed by atoms with Crippen molar-refractivity contribution in [1.82, 2.24) is 15.1 Å². The Morgan fingerprint density at radius 1 is 1.41 bits per heavy atom. The lowest BCUT2D eigenvalue weighted by atomic mass is 10.1. The average molecular weight is 305 g/mol. The van der Waals surface area contributed by atoms with Gasteiger partial charge in [-0.2, -0.15) is 0 Å². The van der Waals surface area contributed by atoms with Gasteiger partial charge in [-0.1, -0.05) is 18.2 Å². The molecule has 2 rings (SSSR count). The predicted molar refractivity (Wildman–Crippen MR) is 88.4 cm³/mol. The molecule has 1 saturated heterocycles. The number of urea groups is 1. The highest BCUT2D eigenvalue weighted by atomic mass is 16.5. The number of carbonyl (C=O) groups is 1. The largest absolute Gasteiger partial charge is 0.496 e. The number of piperidine rings is 1. The maximum atomic E-state index is 12.3. The Morgan fingerprint density at radius 2 is 2.18 bits per heavy atom. The highest BCUT2D eigenvalue weighted by molar-refractivity contribution is 5.74. The molecular formula is C17H27N3O2. The van der Waals surface area contributed by atoms with E-state index < -0.39 is 0 Å². The first-order chi connectivity index (χ1) is 10.6. The molecule has 1 fully saturated rings. The zero-order valence-electron chi connectivity index (χ0n) is 13.8. The first-order valence-corrected chi connectivity index (χ1v) is 7.93. The fraction of sp³-hybridized carbons (Fsp3) is 0.588. The number of hydrogen-bond donors (Lipinski definition) is 1. The summed E-state index contributed by atoms with van der Waals surface area (Å²) in [5.41, 5.74) is 1.12. The quantitative estimate of drug-likeness (QED) is 0.904. The van der Waals surface area contributed by atoms with E-state index in [1.54, 1.807) is 7.11 Å². The molecule has 5 nitrogen and oxygen atoms in total. The average Bonchev–Trinajstić information content (AvgIpc) is 2.55. The van der Waals surface area contributed by atoms with E-state index >= 15 is 0 Å². The van der Waals surface area contributed by atoms with Crippen LogP contribution in [-0.2, 0) is 6.42 Å². The van der Waals surface area contributed by atoms with E-state index in [1.165, 1.54) is 0 Å². The Kier molecular flexibility index (Phi) is 6.07. The zero-order valence-corrected chi connectivity index (χ0v) is 13.8. The van der Waals surface area contributed by atoms with Gasteiger partial charge in [0.25, 0.3) is 0 Å². The van der Waals surface area contributed by atoms with Crippen molar-refractivity contribution in [3.05, 3.63) is 29.8 Å². The summed E-state index contributed by atoms with van der Waals surface area (Å²) >= 11 is 0. The van der Waals surface area contributed by atoms with Gasteiger partial charge in [0.05, 0.1) is 7.11 Å². The van der Waals surface area contributed by atoms with Gasteiger partial charge in [-0.15, -0.1) is 0 Å². The van der Waals surface area contributed by atoms with Crippen molar-refractivity contribution in [3.8, 4) is 5.75 Å². The van der Waals surface area contributed by atoms with Crippen LogP contribution < -0.4 is 10.1 Å². The van der Waals surface area contributed by atoms with Crippen LogP contribution in [0.3, 0.4) is 0 Å². The van der Waals surface area contributed by atoms with Crippen LogP contribution in [0.15, 0.2) is 24.3 Å². The molecule has 0 aliphatic carbocycles. The standard InChI is InChI=1S/C17H27N3O2/c1-19(2)15-8-6-12-20(13-15)17(21)18-11-10-14-7-4-5-9-16(14)22-3/h4-5,7,9,15H,6,8,10-13H2,1-3H3,(H,18,21)/t15-/m1/s1. The summed E-state index contributed by atoms with van der Waals surface area (Å²) in [7, 11) is 5.83. The predicted octanol–water partition coefficient (Wildman–Crippen LogP) is 1.97. The number of rotatable bonds is 5. The Bertz CT molecular complexity index is 491. The van der Waals surface area contributed by atoms with E-state index in [1.807, 2.05) is 29.2 Å². The molecule has 1 aromatic carbocycles. The first-order valence-electron chi connectivity index (χ1n) is 7.93. The van der Waals surface area contributed by atoms with Gasteiger partial charge in [-0.3, -0.25) is 0 Å². The molecular weight excluding hydrogens is 278 g/mol. The second kappa shape index (κ2) is 8.03. The second-order valence-corrected chi connectivity index (χ2v) is 6.00. The number of amides is 2. The summed E-state index contributed by atoms with van der Waals surface area (Å²) in [4.78, 5) is 16.4. The van der Waals surface area contributed by atoms with E-state index in [4.69, 9.17) is 4.74 Å². The lowest BCUT2D eigenvalue weighted by Crippen LogP contribution is -2.50. The van der Waals surface area contributed by atoms with Gasteiger partial charge in [-0.25, -0.2) is 4.79 Å². The van der Waals surface area contributed by atoms with Crippen LogP contribution in [0.5, 0.6) is 5.75 Å². The SMILES string of the molecule is COc1ccccc1CCNC(=O)N1CCC[C@@H](N(C)C)C1. The molecule has 1 atom stereocenters. The first kappa shape index (κ1) is 16.6. The number of likely N-dealkylation sites (N-methyl/N-ethyl adjacent to an activating group) is 1. The zero-order chi connectivity index (χ0) is 15.9. The lowest BCUT2D eigenvalue weighted by molar-refractivity contribution is 0.140. The third kappa shape index (κ3) is 4.37. The highest BCUT2D eigenvalue weighted by Crippen LogP contribution is 2.17. The minimum Gasteiger partial charge on any atom is -0.496 e. The molecule has 0 aromatic heterocycles. The fourth-order valence-corrected chi connectivity index (χ4v) is 2.89. The van der Waals surface area contributed by atoms with Crippen molar-refractivity contribution in [3.63, 3.8) is 0 Å². The second-order valence-electron chi connectivity index (χ2n) is 6.00. The maximum Gasteiger partial charge on any atom is 0.317 e. The molecule has 1 aliphatic heterocycles. The number of ether oxygens (including phenoxy) is 1. The van der Waals surface area contributed by atoms with Crippen LogP contribution >= 0.6 is 0 Å². The van der Waals surface area contributed by atoms with Crippen LogP contribution in [0.1, 0.15) is 18.4 Å². The molecule has 5 heteroatoms. The Morgan fingerprint density at radius 3 is 2.91 bits per heavy atom. The third-order valence-corrected chi connectivity index (χ3v) is 4.28. The molecule has 1 aliphatic rings. The number of nitrogens with one attached hydrogen (secondary N) is 1. The molecule has 0 spiro atoms. The minimum atomic E-state index is 0.0430. The van der Waals surface area contributed by atoms with E-state index in [0.29, 0.717) is 12.6 Å². The van der Waals surface area contributed by atoms with Gasteiger partial charge in [0, 0.05) is 25.7 Å². The molecule has 0 unspecified atom stereocenters. The summed E-state index contributed by atoms with van der Waals surface area (Å²) < 4.78 is 5.33. The van der Waals surface area contributed by atoms with Crippen molar-refractivity contribution in [2.24, 2.45) is 0 Å². The van der Waals surface area contributed by atoms with Crippen LogP contribution in [0, 0.1) is 0 Å². The number of nitrogens with zero attached hydrogens (tertiary/aromatic N) is 2.